The molecule has 0 radical (unpaired) electrons. The van der Waals surface area contributed by atoms with Crippen LogP contribution in [0.5, 0.6) is 6.01 Å². The van der Waals surface area contributed by atoms with Gasteiger partial charge in [0, 0.05) is 45.8 Å². The SMILES string of the molecule is C=C=C(C)Nc1nc2c(=O)[nH]c(C)nc2n1CC1CCCCC1.CCNc1nc2c(=O)[nH]c(C)nc2n1CC1CCCCC1.CCOc1nc2c(=O)[nH]c(C)nc2n1CC1CCCCC1.CCSc1nc2c(=O)[nH]c(C)nc2n1CC1CCCCC1.Cc1nc2c(nc(C)n2CC2CCCCC2)c(=O)[nH]1.Cc1nc2c(nc(N)n2CC2CCCCC2)c(=O)[nH]1. The molecule has 0 amide bonds. The Bertz CT molecular complexity index is 5660. The van der Waals surface area contributed by atoms with E-state index in [9.17, 15) is 28.8 Å². The summed E-state index contributed by atoms with van der Waals surface area (Å²) >= 11 is 1.69. The van der Waals surface area contributed by atoms with E-state index in [2.05, 4.69) is 133 Å². The highest BCUT2D eigenvalue weighted by Crippen LogP contribution is 2.35. The molecular weight excluding hydrogens is 1590 g/mol. The van der Waals surface area contributed by atoms with Gasteiger partial charge in [-0.05, 0) is 188 Å². The fourth-order valence-corrected chi connectivity index (χ4v) is 19.5. The van der Waals surface area contributed by atoms with Crippen molar-refractivity contribution < 1.29 is 4.74 Å². The van der Waals surface area contributed by atoms with E-state index in [0.717, 1.165) is 85.5 Å². The number of aromatic nitrogens is 24. The predicted molar refractivity (Wildman–Crippen MR) is 490 cm³/mol. The van der Waals surface area contributed by atoms with Crippen molar-refractivity contribution in [2.75, 3.05) is 35.3 Å². The molecule has 0 spiro atoms. The minimum absolute atomic E-state index is 0.127. The molecular formula is C89H129N27O7S. The summed E-state index contributed by atoms with van der Waals surface area (Å²) in [7, 11) is 0. The second-order valence-corrected chi connectivity index (χ2v) is 36.0. The maximum Gasteiger partial charge on any atom is 0.298 e. The summed E-state index contributed by atoms with van der Waals surface area (Å²) in [5.74, 6) is 11.3. The lowest BCUT2D eigenvalue weighted by Gasteiger charge is -2.23. The zero-order chi connectivity index (χ0) is 87.7. The van der Waals surface area contributed by atoms with E-state index in [-0.39, 0.29) is 33.4 Å². The van der Waals surface area contributed by atoms with Crippen molar-refractivity contribution in [3.8, 4) is 6.01 Å². The number of ether oxygens (including phenoxy) is 1. The molecule has 0 atom stereocenters. The first-order valence-corrected chi connectivity index (χ1v) is 46.6. The molecule has 0 saturated heterocycles. The average Bonchev–Trinajstić information content (AvgIpc) is 1.97. The van der Waals surface area contributed by atoms with Crippen LogP contribution >= 0.6 is 11.8 Å². The largest absolute Gasteiger partial charge is 0.465 e. The molecule has 124 heavy (non-hydrogen) atoms. The maximum atomic E-state index is 12.2. The minimum atomic E-state index is -0.211. The summed E-state index contributed by atoms with van der Waals surface area (Å²) < 4.78 is 17.9. The number of aromatic amines is 6. The van der Waals surface area contributed by atoms with Crippen LogP contribution in [0.15, 0.2) is 51.9 Å². The van der Waals surface area contributed by atoms with Gasteiger partial charge in [0.1, 0.15) is 40.8 Å². The van der Waals surface area contributed by atoms with Crippen molar-refractivity contribution >= 4 is 96.6 Å². The highest BCUT2D eigenvalue weighted by atomic mass is 32.2. The van der Waals surface area contributed by atoms with Gasteiger partial charge in [0.15, 0.2) is 72.1 Å². The van der Waals surface area contributed by atoms with E-state index < -0.39 is 0 Å². The Hall–Kier alpha value is -10.8. The molecule has 0 bridgehead atoms. The van der Waals surface area contributed by atoms with Gasteiger partial charge in [-0.2, -0.15) is 4.98 Å². The van der Waals surface area contributed by atoms with Gasteiger partial charge in [0.05, 0.1) is 12.3 Å². The lowest BCUT2D eigenvalue weighted by atomic mass is 9.89. The van der Waals surface area contributed by atoms with Crippen molar-refractivity contribution in [1.29, 1.82) is 0 Å². The van der Waals surface area contributed by atoms with Gasteiger partial charge in [0.25, 0.3) is 39.4 Å². The highest BCUT2D eigenvalue weighted by Gasteiger charge is 2.28. The third-order valence-corrected chi connectivity index (χ3v) is 25.8. The number of nitrogen functional groups attached to an aromatic ring is 1. The summed E-state index contributed by atoms with van der Waals surface area (Å²) in [6.07, 6.45) is 38.6. The van der Waals surface area contributed by atoms with Crippen LogP contribution in [0.25, 0.3) is 67.0 Å². The molecule has 12 heterocycles. The monoisotopic (exact) mass is 1720 g/mol. The molecule has 10 N–H and O–H groups in total. The van der Waals surface area contributed by atoms with Gasteiger partial charge in [-0.3, -0.25) is 47.0 Å². The van der Waals surface area contributed by atoms with Gasteiger partial charge in [-0.25, -0.2) is 54.8 Å². The summed E-state index contributed by atoms with van der Waals surface area (Å²) in [6, 6.07) is 0.515. The summed E-state index contributed by atoms with van der Waals surface area (Å²) in [4.78, 5) is 142. The van der Waals surface area contributed by atoms with E-state index in [4.69, 9.17) is 10.5 Å². The fourth-order valence-electron chi connectivity index (χ4n) is 18.7. The molecule has 18 rings (SSSR count). The minimum Gasteiger partial charge on any atom is -0.465 e. The second kappa shape index (κ2) is 42.7. The Labute approximate surface area is 725 Å². The summed E-state index contributed by atoms with van der Waals surface area (Å²) in [6.45, 7) is 30.9. The number of nitrogens with zero attached hydrogens (tertiary/aromatic N) is 18. The third kappa shape index (κ3) is 22.6. The molecule has 0 aliphatic heterocycles. The number of H-pyrrole nitrogens is 6. The first-order valence-electron chi connectivity index (χ1n) is 45.6. The fraction of sp³-hybridized carbons (Fsp3) is 0.629. The first kappa shape index (κ1) is 90.9. The van der Waals surface area contributed by atoms with Crippen LogP contribution in [-0.4, -0.2) is 136 Å². The summed E-state index contributed by atoms with van der Waals surface area (Å²) in [5.41, 5.74) is 15.1. The molecule has 6 saturated carbocycles. The van der Waals surface area contributed by atoms with Crippen LogP contribution in [0.2, 0.25) is 0 Å². The number of nitrogens with two attached hydrogens (primary N) is 1. The van der Waals surface area contributed by atoms with Crippen molar-refractivity contribution in [2.45, 2.75) is 313 Å². The standard InChI is InChI=1S/C17H23N5O.C15H23N5O.C15H22N4O2.C15H22N4OS.C14H20N4O.C13H19N5O/c1-4-11(2)18-17-21-14-15(19-12(3)20-16(14)23)22(17)10-13-8-6-5-7-9-13;1-3-16-15-19-12-13(17-10(2)18-14(12)21)20(15)9-11-7-5-4-6-8-11;2*1-3-21-15-18-12-13(16-10(2)17-14(12)20)19(15)9-11-7-5-4-6-8-11;1-9-15-13-12(14(19)16-9)17-10(2)18(13)8-11-6-4-3-5-7-11;1-8-15-11-10(12(19)16-8)17-13(14)18(11)7-9-5-3-2-4-6-9/h13H,1,5-10H2,2-3H3,(H,18,21)(H,19,20,23);11H,3-9H2,1-2H3,(H,16,19)(H,17,18,21);2*11H,3-9H2,1-2H3,(H,16,17,20);11H,3-8H2,1-2H3,(H,15,16,19);9H,2-7H2,1H3,(H2,14,17)(H,15,16,19). The lowest BCUT2D eigenvalue weighted by molar-refractivity contribution is 0.268. The zero-order valence-electron chi connectivity index (χ0n) is 74.6. The Morgan fingerprint density at radius 2 is 0.669 bits per heavy atom. The van der Waals surface area contributed by atoms with E-state index in [1.54, 1.807) is 32.5 Å². The van der Waals surface area contributed by atoms with Crippen molar-refractivity contribution in [3.63, 3.8) is 0 Å². The van der Waals surface area contributed by atoms with Gasteiger partial charge in [-0.15, -0.1) is 5.73 Å². The van der Waals surface area contributed by atoms with Gasteiger partial charge < -0.3 is 60.1 Å². The molecule has 6 fully saturated rings. The lowest BCUT2D eigenvalue weighted by Crippen LogP contribution is -2.17. The Balaban J connectivity index is 0.000000128. The van der Waals surface area contributed by atoms with Crippen LogP contribution in [0.4, 0.5) is 17.8 Å². The molecule has 668 valence electrons. The molecule has 6 aliphatic carbocycles. The van der Waals surface area contributed by atoms with E-state index in [1.807, 2.05) is 62.2 Å². The summed E-state index contributed by atoms with van der Waals surface area (Å²) in [5, 5.41) is 7.38. The number of hydrogen-bond acceptors (Lipinski definition) is 23. The van der Waals surface area contributed by atoms with Crippen LogP contribution in [0.3, 0.4) is 0 Å². The molecule has 34 nitrogen and oxygen atoms in total. The van der Waals surface area contributed by atoms with E-state index in [0.29, 0.717) is 151 Å². The number of aryl methyl sites for hydroxylation is 7. The van der Waals surface area contributed by atoms with Gasteiger partial charge in [-0.1, -0.05) is 141 Å². The number of allylic oxidation sites excluding steroid dienone is 1. The first-order chi connectivity index (χ1) is 59.9. The molecule has 0 unspecified atom stereocenters. The number of thioether (sulfide) groups is 1. The topological polar surface area (TPSA) is 441 Å². The van der Waals surface area contributed by atoms with E-state index >= 15 is 0 Å². The van der Waals surface area contributed by atoms with Crippen molar-refractivity contribution in [2.24, 2.45) is 35.5 Å². The smallest absolute Gasteiger partial charge is 0.298 e. The molecule has 35 heteroatoms. The number of fused-ring (bicyclic) bond motifs is 6. The van der Waals surface area contributed by atoms with Crippen LogP contribution in [-0.2, 0) is 39.3 Å². The van der Waals surface area contributed by atoms with E-state index in [1.165, 1.54) is 193 Å². The molecule has 12 aromatic heterocycles. The van der Waals surface area contributed by atoms with Crippen molar-refractivity contribution in [1.82, 2.24) is 117 Å². The second-order valence-electron chi connectivity index (χ2n) is 34.7. The number of nitrogens with one attached hydrogen (secondary N) is 8. The van der Waals surface area contributed by atoms with Gasteiger partial charge in [0.2, 0.25) is 17.8 Å². The van der Waals surface area contributed by atoms with Gasteiger partial charge >= 0.3 is 0 Å². The Morgan fingerprint density at radius 3 is 1.04 bits per heavy atom. The number of rotatable bonds is 20. The Morgan fingerprint density at radius 1 is 0.379 bits per heavy atom. The number of imidazole rings is 6. The average molecular weight is 1720 g/mol. The van der Waals surface area contributed by atoms with Crippen molar-refractivity contribution in [3.05, 3.63) is 121 Å². The molecule has 6 aliphatic rings. The van der Waals surface area contributed by atoms with Crippen LogP contribution < -0.4 is 54.5 Å². The maximum absolute atomic E-state index is 12.2. The molecule has 12 aromatic rings. The molecule has 0 aromatic carbocycles. The van der Waals surface area contributed by atoms with Crippen LogP contribution in [0, 0.1) is 84.0 Å². The third-order valence-electron chi connectivity index (χ3n) is 24.9. The Kier molecular flexibility index (Phi) is 31.3. The quantitative estimate of drug-likeness (QED) is 0.0253. The number of hydrogen-bond donors (Lipinski definition) is 9. The highest BCUT2D eigenvalue weighted by molar-refractivity contribution is 7.99. The normalized spacial score (nSPS) is 16.5. The van der Waals surface area contributed by atoms with Crippen LogP contribution in [0.1, 0.15) is 261 Å². The predicted octanol–water partition coefficient (Wildman–Crippen LogP) is 15.0. The zero-order valence-corrected chi connectivity index (χ0v) is 75.5. The number of anilines is 3.